The molecular formula is C13H16O5. The lowest BCUT2D eigenvalue weighted by Gasteiger charge is -2.11. The summed E-state index contributed by atoms with van der Waals surface area (Å²) in [7, 11) is 0. The second kappa shape index (κ2) is 7.45. The number of ether oxygens (including phenoxy) is 2. The molecule has 0 amide bonds. The first-order valence-corrected chi connectivity index (χ1v) is 5.66. The summed E-state index contributed by atoms with van der Waals surface area (Å²) in [4.78, 5) is 22.2. The number of carboxylic acid groups (broad SMARTS) is 1. The average molecular weight is 252 g/mol. The van der Waals surface area contributed by atoms with Crippen molar-refractivity contribution in [1.82, 2.24) is 0 Å². The van der Waals surface area contributed by atoms with Gasteiger partial charge in [0.05, 0.1) is 19.8 Å². The Hall–Kier alpha value is -1.88. The molecule has 98 valence electrons. The molecule has 18 heavy (non-hydrogen) atoms. The van der Waals surface area contributed by atoms with Gasteiger partial charge in [0, 0.05) is 0 Å². The summed E-state index contributed by atoms with van der Waals surface area (Å²) < 4.78 is 9.90. The molecule has 5 heteroatoms. The van der Waals surface area contributed by atoms with E-state index in [2.05, 4.69) is 4.74 Å². The van der Waals surface area contributed by atoms with E-state index < -0.39 is 17.9 Å². The van der Waals surface area contributed by atoms with Crippen molar-refractivity contribution in [2.24, 2.45) is 5.92 Å². The van der Waals surface area contributed by atoms with Crippen LogP contribution in [0.3, 0.4) is 0 Å². The van der Waals surface area contributed by atoms with E-state index in [1.165, 1.54) is 0 Å². The van der Waals surface area contributed by atoms with Gasteiger partial charge in [0.1, 0.15) is 0 Å². The molecule has 1 unspecified atom stereocenters. The largest absolute Gasteiger partial charge is 0.481 e. The molecule has 0 aliphatic rings. The Labute approximate surface area is 105 Å². The number of esters is 1. The van der Waals surface area contributed by atoms with Crippen LogP contribution >= 0.6 is 0 Å². The zero-order valence-electron chi connectivity index (χ0n) is 10.2. The molecule has 0 saturated heterocycles. The topological polar surface area (TPSA) is 72.8 Å². The lowest BCUT2D eigenvalue weighted by atomic mass is 10.1. The standard InChI is InChI=1S/C13H16O5/c1-2-18-13(16)11(12(14)15)9-17-8-10-6-4-3-5-7-10/h3-7,11H,2,8-9H2,1H3,(H,14,15). The van der Waals surface area contributed by atoms with E-state index in [-0.39, 0.29) is 19.8 Å². The summed E-state index contributed by atoms with van der Waals surface area (Å²) in [6.45, 7) is 1.86. The summed E-state index contributed by atoms with van der Waals surface area (Å²) >= 11 is 0. The third-order valence-electron chi connectivity index (χ3n) is 2.27. The highest BCUT2D eigenvalue weighted by molar-refractivity contribution is 5.94. The number of aliphatic carboxylic acids is 1. The van der Waals surface area contributed by atoms with E-state index in [0.717, 1.165) is 5.56 Å². The fourth-order valence-electron chi connectivity index (χ4n) is 1.35. The van der Waals surface area contributed by atoms with E-state index in [9.17, 15) is 9.59 Å². The summed E-state index contributed by atoms with van der Waals surface area (Å²) in [5.41, 5.74) is 0.922. The highest BCUT2D eigenvalue weighted by Crippen LogP contribution is 2.06. The molecule has 0 radical (unpaired) electrons. The SMILES string of the molecule is CCOC(=O)C(COCc1ccccc1)C(=O)O. The zero-order valence-corrected chi connectivity index (χ0v) is 10.2. The van der Waals surface area contributed by atoms with Gasteiger partial charge in [0.25, 0.3) is 0 Å². The molecule has 1 aromatic rings. The zero-order chi connectivity index (χ0) is 13.4. The van der Waals surface area contributed by atoms with Crippen LogP contribution < -0.4 is 0 Å². The van der Waals surface area contributed by atoms with E-state index in [4.69, 9.17) is 9.84 Å². The summed E-state index contributed by atoms with van der Waals surface area (Å²) in [6, 6.07) is 9.32. The number of carbonyl (C=O) groups excluding carboxylic acids is 1. The molecule has 1 rings (SSSR count). The third kappa shape index (κ3) is 4.55. The van der Waals surface area contributed by atoms with Gasteiger partial charge in [-0.05, 0) is 12.5 Å². The smallest absolute Gasteiger partial charge is 0.322 e. The molecule has 0 fully saturated rings. The first kappa shape index (κ1) is 14.2. The predicted molar refractivity (Wildman–Crippen MR) is 63.9 cm³/mol. The lowest BCUT2D eigenvalue weighted by molar-refractivity contribution is -0.161. The van der Waals surface area contributed by atoms with E-state index in [0.29, 0.717) is 0 Å². The summed E-state index contributed by atoms with van der Waals surface area (Å²) in [5, 5.41) is 8.89. The van der Waals surface area contributed by atoms with Crippen molar-refractivity contribution in [2.75, 3.05) is 13.2 Å². The summed E-state index contributed by atoms with van der Waals surface area (Å²) in [5.74, 6) is -3.27. The Morgan fingerprint density at radius 3 is 2.50 bits per heavy atom. The third-order valence-corrected chi connectivity index (χ3v) is 2.27. The van der Waals surface area contributed by atoms with Gasteiger partial charge in [-0.1, -0.05) is 30.3 Å². The van der Waals surface area contributed by atoms with Gasteiger partial charge < -0.3 is 14.6 Å². The number of carboxylic acids is 1. The van der Waals surface area contributed by atoms with Crippen molar-refractivity contribution in [3.63, 3.8) is 0 Å². The van der Waals surface area contributed by atoms with Gasteiger partial charge in [0.2, 0.25) is 0 Å². The monoisotopic (exact) mass is 252 g/mol. The Balaban J connectivity index is 2.43. The highest BCUT2D eigenvalue weighted by atomic mass is 16.5. The number of carbonyl (C=O) groups is 2. The van der Waals surface area contributed by atoms with Crippen LogP contribution in [0.1, 0.15) is 12.5 Å². The average Bonchev–Trinajstić information content (AvgIpc) is 2.35. The fourth-order valence-corrected chi connectivity index (χ4v) is 1.35. The van der Waals surface area contributed by atoms with E-state index in [1.54, 1.807) is 6.92 Å². The van der Waals surface area contributed by atoms with Gasteiger partial charge in [-0.2, -0.15) is 0 Å². The molecule has 1 N–H and O–H groups in total. The van der Waals surface area contributed by atoms with Crippen LogP contribution in [0.4, 0.5) is 0 Å². The maximum atomic E-state index is 11.3. The van der Waals surface area contributed by atoms with Crippen molar-refractivity contribution in [3.05, 3.63) is 35.9 Å². The van der Waals surface area contributed by atoms with Gasteiger partial charge >= 0.3 is 11.9 Å². The maximum Gasteiger partial charge on any atom is 0.322 e. The van der Waals surface area contributed by atoms with Crippen molar-refractivity contribution in [2.45, 2.75) is 13.5 Å². The highest BCUT2D eigenvalue weighted by Gasteiger charge is 2.27. The Morgan fingerprint density at radius 2 is 1.94 bits per heavy atom. The molecule has 0 heterocycles. The molecule has 0 spiro atoms. The second-order valence-electron chi connectivity index (χ2n) is 3.64. The Bertz CT molecular complexity index is 388. The summed E-state index contributed by atoms with van der Waals surface area (Å²) in [6.07, 6.45) is 0. The van der Waals surface area contributed by atoms with Crippen molar-refractivity contribution in [1.29, 1.82) is 0 Å². The maximum absolute atomic E-state index is 11.3. The molecule has 0 aromatic heterocycles. The van der Waals surface area contributed by atoms with Crippen molar-refractivity contribution >= 4 is 11.9 Å². The van der Waals surface area contributed by atoms with Gasteiger partial charge in [-0.3, -0.25) is 9.59 Å². The molecule has 0 aliphatic carbocycles. The van der Waals surface area contributed by atoms with Crippen LogP contribution in [0.2, 0.25) is 0 Å². The fraction of sp³-hybridized carbons (Fsp3) is 0.385. The number of benzene rings is 1. The predicted octanol–water partition coefficient (Wildman–Crippen LogP) is 1.47. The minimum absolute atomic E-state index is 0.154. The van der Waals surface area contributed by atoms with Crippen molar-refractivity contribution < 1.29 is 24.2 Å². The van der Waals surface area contributed by atoms with E-state index in [1.807, 2.05) is 30.3 Å². The lowest BCUT2D eigenvalue weighted by Crippen LogP contribution is -2.30. The van der Waals surface area contributed by atoms with Crippen molar-refractivity contribution in [3.8, 4) is 0 Å². The Kier molecular flexibility index (Phi) is 5.87. The van der Waals surface area contributed by atoms with Crippen LogP contribution in [-0.4, -0.2) is 30.3 Å². The first-order valence-electron chi connectivity index (χ1n) is 5.66. The van der Waals surface area contributed by atoms with Crippen LogP contribution in [-0.2, 0) is 25.7 Å². The molecule has 1 atom stereocenters. The molecule has 0 saturated carbocycles. The first-order chi connectivity index (χ1) is 8.65. The molecule has 1 aromatic carbocycles. The van der Waals surface area contributed by atoms with E-state index >= 15 is 0 Å². The number of hydrogen-bond acceptors (Lipinski definition) is 4. The molecule has 0 bridgehead atoms. The molecular weight excluding hydrogens is 236 g/mol. The molecule has 5 nitrogen and oxygen atoms in total. The van der Waals surface area contributed by atoms with Crippen LogP contribution in [0, 0.1) is 5.92 Å². The molecule has 0 aliphatic heterocycles. The minimum Gasteiger partial charge on any atom is -0.481 e. The normalized spacial score (nSPS) is 11.8. The van der Waals surface area contributed by atoms with Crippen LogP contribution in [0.15, 0.2) is 30.3 Å². The van der Waals surface area contributed by atoms with Gasteiger partial charge in [0.15, 0.2) is 5.92 Å². The van der Waals surface area contributed by atoms with Gasteiger partial charge in [-0.15, -0.1) is 0 Å². The second-order valence-corrected chi connectivity index (χ2v) is 3.64. The number of rotatable bonds is 7. The van der Waals surface area contributed by atoms with Gasteiger partial charge in [-0.25, -0.2) is 0 Å². The van der Waals surface area contributed by atoms with Crippen LogP contribution in [0.5, 0.6) is 0 Å². The minimum atomic E-state index is -1.27. The van der Waals surface area contributed by atoms with Crippen LogP contribution in [0.25, 0.3) is 0 Å². The quantitative estimate of drug-likeness (QED) is 0.587. The Morgan fingerprint density at radius 1 is 1.28 bits per heavy atom. The number of hydrogen-bond donors (Lipinski definition) is 1.